The summed E-state index contributed by atoms with van der Waals surface area (Å²) < 4.78 is 6.51. The monoisotopic (exact) mass is 290 g/mol. The molecule has 0 unspecified atom stereocenters. The van der Waals surface area contributed by atoms with Gasteiger partial charge in [-0.3, -0.25) is 0 Å². The number of rotatable bonds is 1. The molecule has 13 heavy (non-hydrogen) atoms. The van der Waals surface area contributed by atoms with E-state index in [9.17, 15) is 0 Å². The molecule has 1 saturated heterocycles. The van der Waals surface area contributed by atoms with Crippen LogP contribution in [0.25, 0.3) is 0 Å². The van der Waals surface area contributed by atoms with Gasteiger partial charge >= 0.3 is 0 Å². The summed E-state index contributed by atoms with van der Waals surface area (Å²) in [5.41, 5.74) is 0. The first kappa shape index (κ1) is 9.21. The lowest BCUT2D eigenvalue weighted by Gasteiger charge is -2.27. The van der Waals surface area contributed by atoms with Gasteiger partial charge < -0.3 is 9.64 Å². The first-order valence-electron chi connectivity index (χ1n) is 4.30. The van der Waals surface area contributed by atoms with Crippen LogP contribution in [0.5, 0.6) is 0 Å². The Morgan fingerprint density at radius 3 is 2.85 bits per heavy atom. The fraction of sp³-hybridized carbons (Fsp3) is 0.444. The van der Waals surface area contributed by atoms with Crippen LogP contribution in [-0.2, 0) is 4.74 Å². The van der Waals surface area contributed by atoms with Crippen molar-refractivity contribution in [3.63, 3.8) is 0 Å². The van der Waals surface area contributed by atoms with Gasteiger partial charge in [0, 0.05) is 22.9 Å². The Balaban J connectivity index is 2.14. The first-order chi connectivity index (χ1) is 6.36. The molecule has 0 atom stereocenters. The minimum Gasteiger partial charge on any atom is -0.378 e. The van der Waals surface area contributed by atoms with E-state index >= 15 is 0 Å². The molecule has 0 bridgehead atoms. The Bertz CT molecular complexity index is 287. The van der Waals surface area contributed by atoms with Crippen LogP contribution in [-0.4, -0.2) is 31.3 Å². The summed E-state index contributed by atoms with van der Waals surface area (Å²) >= 11 is 2.30. The van der Waals surface area contributed by atoms with E-state index < -0.39 is 0 Å². The number of halogens is 1. The van der Waals surface area contributed by atoms with Crippen molar-refractivity contribution in [1.82, 2.24) is 4.98 Å². The van der Waals surface area contributed by atoms with Crippen molar-refractivity contribution >= 4 is 28.4 Å². The average molecular weight is 290 g/mol. The second-order valence-corrected chi connectivity index (χ2v) is 4.18. The smallest absolute Gasteiger partial charge is 0.129 e. The van der Waals surface area contributed by atoms with Crippen LogP contribution in [0.15, 0.2) is 18.3 Å². The van der Waals surface area contributed by atoms with Crippen molar-refractivity contribution < 1.29 is 4.74 Å². The van der Waals surface area contributed by atoms with Crippen molar-refractivity contribution in [1.29, 1.82) is 0 Å². The Morgan fingerprint density at radius 1 is 1.38 bits per heavy atom. The summed E-state index contributed by atoms with van der Waals surface area (Å²) in [6.07, 6.45) is 1.85. The lowest BCUT2D eigenvalue weighted by Crippen LogP contribution is -2.36. The van der Waals surface area contributed by atoms with Crippen molar-refractivity contribution in [2.75, 3.05) is 31.2 Å². The molecule has 1 aromatic heterocycles. The molecule has 3 nitrogen and oxygen atoms in total. The van der Waals surface area contributed by atoms with E-state index in [2.05, 4.69) is 38.5 Å². The van der Waals surface area contributed by atoms with Gasteiger partial charge in [0.15, 0.2) is 0 Å². The second kappa shape index (κ2) is 4.23. The van der Waals surface area contributed by atoms with E-state index in [4.69, 9.17) is 4.74 Å². The highest BCUT2D eigenvalue weighted by atomic mass is 127. The van der Waals surface area contributed by atoms with Gasteiger partial charge in [-0.1, -0.05) is 0 Å². The van der Waals surface area contributed by atoms with E-state index in [-0.39, 0.29) is 0 Å². The number of nitrogens with zero attached hydrogens (tertiary/aromatic N) is 2. The van der Waals surface area contributed by atoms with E-state index in [0.29, 0.717) is 0 Å². The number of ether oxygens (including phenoxy) is 1. The van der Waals surface area contributed by atoms with Gasteiger partial charge in [0.1, 0.15) is 5.82 Å². The second-order valence-electron chi connectivity index (χ2n) is 2.93. The molecule has 0 aliphatic carbocycles. The molecule has 0 saturated carbocycles. The summed E-state index contributed by atoms with van der Waals surface area (Å²) in [6, 6.07) is 4.11. The van der Waals surface area contributed by atoms with Crippen LogP contribution < -0.4 is 4.90 Å². The van der Waals surface area contributed by atoms with Gasteiger partial charge in [-0.05, 0) is 34.7 Å². The molecule has 2 heterocycles. The average Bonchev–Trinajstić information content (AvgIpc) is 2.19. The standard InChI is InChI=1S/C9H11IN2O/c10-8-1-2-11-9(7-8)12-3-5-13-6-4-12/h1-2,7H,3-6H2. The highest BCUT2D eigenvalue weighted by molar-refractivity contribution is 14.1. The lowest BCUT2D eigenvalue weighted by atomic mass is 10.4. The molecule has 1 aliphatic rings. The number of hydrogen-bond acceptors (Lipinski definition) is 3. The quantitative estimate of drug-likeness (QED) is 0.733. The van der Waals surface area contributed by atoms with Gasteiger partial charge in [0.25, 0.3) is 0 Å². The predicted molar refractivity (Wildman–Crippen MR) is 60.0 cm³/mol. The van der Waals surface area contributed by atoms with Gasteiger partial charge in [-0.15, -0.1) is 0 Å². The van der Waals surface area contributed by atoms with Crippen LogP contribution in [0.2, 0.25) is 0 Å². The number of hydrogen-bond donors (Lipinski definition) is 0. The molecule has 2 rings (SSSR count). The van der Waals surface area contributed by atoms with Crippen molar-refractivity contribution in [2.45, 2.75) is 0 Å². The number of morpholine rings is 1. The van der Waals surface area contributed by atoms with E-state index in [0.717, 1.165) is 32.1 Å². The number of pyridine rings is 1. The predicted octanol–water partition coefficient (Wildman–Crippen LogP) is 1.52. The van der Waals surface area contributed by atoms with Crippen molar-refractivity contribution in [2.24, 2.45) is 0 Å². The molecule has 0 amide bonds. The topological polar surface area (TPSA) is 25.4 Å². The molecule has 0 aromatic carbocycles. The van der Waals surface area contributed by atoms with Gasteiger partial charge in [0.2, 0.25) is 0 Å². The summed E-state index contributed by atoms with van der Waals surface area (Å²) in [6.45, 7) is 3.53. The van der Waals surface area contributed by atoms with Crippen LogP contribution >= 0.6 is 22.6 Å². The lowest BCUT2D eigenvalue weighted by molar-refractivity contribution is 0.122. The van der Waals surface area contributed by atoms with Gasteiger partial charge in [-0.2, -0.15) is 0 Å². The van der Waals surface area contributed by atoms with E-state index in [1.165, 1.54) is 3.57 Å². The maximum absolute atomic E-state index is 5.28. The van der Waals surface area contributed by atoms with Gasteiger partial charge in [0.05, 0.1) is 13.2 Å². The molecule has 0 spiro atoms. The first-order valence-corrected chi connectivity index (χ1v) is 5.38. The zero-order chi connectivity index (χ0) is 9.10. The van der Waals surface area contributed by atoms with Crippen LogP contribution in [0, 0.1) is 3.57 Å². The Labute approximate surface area is 91.2 Å². The molecule has 0 radical (unpaired) electrons. The zero-order valence-electron chi connectivity index (χ0n) is 7.24. The summed E-state index contributed by atoms with van der Waals surface area (Å²) in [5.74, 6) is 1.07. The normalized spacial score (nSPS) is 17.5. The molecule has 1 aromatic rings. The maximum Gasteiger partial charge on any atom is 0.129 e. The SMILES string of the molecule is Ic1ccnc(N2CCOCC2)c1. The zero-order valence-corrected chi connectivity index (χ0v) is 9.40. The number of aromatic nitrogens is 1. The van der Waals surface area contributed by atoms with Crippen LogP contribution in [0.4, 0.5) is 5.82 Å². The van der Waals surface area contributed by atoms with Gasteiger partial charge in [-0.25, -0.2) is 4.98 Å². The minimum atomic E-state index is 0.813. The minimum absolute atomic E-state index is 0.813. The Morgan fingerprint density at radius 2 is 2.15 bits per heavy atom. The van der Waals surface area contributed by atoms with E-state index in [1.807, 2.05) is 12.3 Å². The van der Waals surface area contributed by atoms with Crippen LogP contribution in [0.1, 0.15) is 0 Å². The fourth-order valence-electron chi connectivity index (χ4n) is 1.36. The van der Waals surface area contributed by atoms with Crippen LogP contribution in [0.3, 0.4) is 0 Å². The van der Waals surface area contributed by atoms with Crippen molar-refractivity contribution in [3.8, 4) is 0 Å². The highest BCUT2D eigenvalue weighted by Gasteiger charge is 2.11. The molecule has 1 fully saturated rings. The third-order valence-corrected chi connectivity index (χ3v) is 2.71. The Kier molecular flexibility index (Phi) is 3.00. The summed E-state index contributed by atoms with van der Waals surface area (Å²) in [7, 11) is 0. The summed E-state index contributed by atoms with van der Waals surface area (Å²) in [4.78, 5) is 6.58. The van der Waals surface area contributed by atoms with Crippen molar-refractivity contribution in [3.05, 3.63) is 21.9 Å². The molecule has 1 aliphatic heterocycles. The fourth-order valence-corrected chi connectivity index (χ4v) is 1.80. The summed E-state index contributed by atoms with van der Waals surface area (Å²) in [5, 5.41) is 0. The highest BCUT2D eigenvalue weighted by Crippen LogP contribution is 2.14. The van der Waals surface area contributed by atoms with E-state index in [1.54, 1.807) is 0 Å². The third kappa shape index (κ3) is 2.31. The maximum atomic E-state index is 5.28. The molecular weight excluding hydrogens is 279 g/mol. The molecular formula is C9H11IN2O. The molecule has 70 valence electrons. The Hall–Kier alpha value is -0.360. The molecule has 0 N–H and O–H groups in total. The number of anilines is 1. The third-order valence-electron chi connectivity index (χ3n) is 2.04. The largest absolute Gasteiger partial charge is 0.378 e. The molecule has 4 heteroatoms.